The molecule has 1 rings (SSSR count). The number of aromatic nitrogens is 3. The van der Waals surface area contributed by atoms with Crippen molar-refractivity contribution in [1.82, 2.24) is 14.8 Å². The summed E-state index contributed by atoms with van der Waals surface area (Å²) in [6.45, 7) is 11.1. The Balaban J connectivity index is 3.07. The number of rotatable bonds is 7. The highest BCUT2D eigenvalue weighted by Crippen LogP contribution is 2.31. The predicted molar refractivity (Wildman–Crippen MR) is 74.1 cm³/mol. The Morgan fingerprint density at radius 1 is 1.42 bits per heavy atom. The second-order valence-corrected chi connectivity index (χ2v) is 5.27. The van der Waals surface area contributed by atoms with Crippen LogP contribution in [-0.4, -0.2) is 32.4 Å². The van der Waals surface area contributed by atoms with Crippen LogP contribution in [0.3, 0.4) is 0 Å². The van der Waals surface area contributed by atoms with Gasteiger partial charge in [0.25, 0.3) is 0 Å². The topological polar surface area (TPSA) is 80.0 Å². The average Bonchev–Trinajstić information content (AvgIpc) is 2.71. The molecule has 0 aliphatic carbocycles. The molecule has 0 amide bonds. The van der Waals surface area contributed by atoms with Crippen molar-refractivity contribution >= 4 is 11.9 Å². The fourth-order valence-corrected chi connectivity index (χ4v) is 1.94. The summed E-state index contributed by atoms with van der Waals surface area (Å²) in [5.41, 5.74) is -0.830. The van der Waals surface area contributed by atoms with E-state index in [2.05, 4.69) is 15.5 Å². The zero-order valence-electron chi connectivity index (χ0n) is 12.4. The highest BCUT2D eigenvalue weighted by Gasteiger charge is 2.38. The summed E-state index contributed by atoms with van der Waals surface area (Å²) < 4.78 is 1.94. The molecule has 1 aromatic heterocycles. The second-order valence-electron chi connectivity index (χ2n) is 5.27. The van der Waals surface area contributed by atoms with Crippen LogP contribution in [0.5, 0.6) is 0 Å². The van der Waals surface area contributed by atoms with E-state index in [-0.39, 0.29) is 5.92 Å². The van der Waals surface area contributed by atoms with E-state index in [0.717, 1.165) is 18.9 Å². The molecule has 6 heteroatoms. The Bertz CT molecular complexity index is 442. The molecule has 6 nitrogen and oxygen atoms in total. The lowest BCUT2D eigenvalue weighted by Gasteiger charge is -2.28. The van der Waals surface area contributed by atoms with Crippen molar-refractivity contribution in [2.75, 3.05) is 11.9 Å². The standard InChI is InChI=1S/C13H24N4O2/c1-6-14-12-16-15-10(17(12)7-2)8-13(5,9(3)4)11(18)19/h9H,6-8H2,1-5H3,(H,14,16)(H,18,19). The molecule has 1 heterocycles. The van der Waals surface area contributed by atoms with E-state index in [1.54, 1.807) is 6.92 Å². The molecule has 0 aromatic carbocycles. The second kappa shape index (κ2) is 6.04. The van der Waals surface area contributed by atoms with Crippen molar-refractivity contribution < 1.29 is 9.90 Å². The number of nitrogens with zero attached hydrogens (tertiary/aromatic N) is 3. The maximum atomic E-state index is 11.5. The van der Waals surface area contributed by atoms with Gasteiger partial charge in [0.05, 0.1) is 5.41 Å². The summed E-state index contributed by atoms with van der Waals surface area (Å²) in [4.78, 5) is 11.5. The molecule has 2 N–H and O–H groups in total. The Morgan fingerprint density at radius 3 is 2.47 bits per heavy atom. The number of hydrogen-bond donors (Lipinski definition) is 2. The van der Waals surface area contributed by atoms with Crippen molar-refractivity contribution in [2.45, 2.75) is 47.6 Å². The van der Waals surface area contributed by atoms with Gasteiger partial charge in [-0.25, -0.2) is 0 Å². The number of carboxylic acid groups (broad SMARTS) is 1. The molecule has 1 aromatic rings. The number of hydrogen-bond acceptors (Lipinski definition) is 4. The molecule has 1 atom stereocenters. The molecular weight excluding hydrogens is 244 g/mol. The summed E-state index contributed by atoms with van der Waals surface area (Å²) in [7, 11) is 0. The quantitative estimate of drug-likeness (QED) is 0.790. The molecule has 0 spiro atoms. The summed E-state index contributed by atoms with van der Waals surface area (Å²) in [5, 5.41) is 20.8. The largest absolute Gasteiger partial charge is 0.481 e. The average molecular weight is 268 g/mol. The van der Waals surface area contributed by atoms with Crippen LogP contribution in [0.15, 0.2) is 0 Å². The Hall–Kier alpha value is -1.59. The maximum absolute atomic E-state index is 11.5. The van der Waals surface area contributed by atoms with Gasteiger partial charge in [0.1, 0.15) is 5.82 Å². The molecule has 19 heavy (non-hydrogen) atoms. The Kier molecular flexibility index (Phi) is 4.91. The first kappa shape index (κ1) is 15.5. The van der Waals surface area contributed by atoms with E-state index >= 15 is 0 Å². The number of anilines is 1. The van der Waals surface area contributed by atoms with Crippen LogP contribution in [-0.2, 0) is 17.8 Å². The zero-order valence-corrected chi connectivity index (χ0v) is 12.4. The lowest BCUT2D eigenvalue weighted by molar-refractivity contribution is -0.150. The third-order valence-electron chi connectivity index (χ3n) is 3.77. The summed E-state index contributed by atoms with van der Waals surface area (Å²) in [6.07, 6.45) is 0.381. The molecule has 108 valence electrons. The molecule has 0 aliphatic heterocycles. The maximum Gasteiger partial charge on any atom is 0.310 e. The minimum absolute atomic E-state index is 0.0228. The summed E-state index contributed by atoms with van der Waals surface area (Å²) >= 11 is 0. The Morgan fingerprint density at radius 2 is 2.05 bits per heavy atom. The van der Waals surface area contributed by atoms with Gasteiger partial charge >= 0.3 is 5.97 Å². The van der Waals surface area contributed by atoms with Gasteiger partial charge in [0.2, 0.25) is 5.95 Å². The molecule has 0 fully saturated rings. The van der Waals surface area contributed by atoms with Gasteiger partial charge in [-0.3, -0.25) is 9.36 Å². The minimum Gasteiger partial charge on any atom is -0.481 e. The highest BCUT2D eigenvalue weighted by atomic mass is 16.4. The van der Waals surface area contributed by atoms with E-state index in [4.69, 9.17) is 0 Å². The third kappa shape index (κ3) is 3.05. The van der Waals surface area contributed by atoms with Gasteiger partial charge in [-0.15, -0.1) is 10.2 Å². The molecular formula is C13H24N4O2. The van der Waals surface area contributed by atoms with Gasteiger partial charge in [0, 0.05) is 19.5 Å². The van der Waals surface area contributed by atoms with Gasteiger partial charge in [-0.2, -0.15) is 0 Å². The third-order valence-corrected chi connectivity index (χ3v) is 3.77. The minimum atomic E-state index is -0.830. The molecule has 0 radical (unpaired) electrons. The summed E-state index contributed by atoms with van der Waals surface area (Å²) in [5.74, 6) is 0.654. The number of nitrogens with one attached hydrogen (secondary N) is 1. The Labute approximate surface area is 114 Å². The molecule has 1 unspecified atom stereocenters. The van der Waals surface area contributed by atoms with Crippen LogP contribution in [0.25, 0.3) is 0 Å². The first-order valence-electron chi connectivity index (χ1n) is 6.76. The van der Waals surface area contributed by atoms with Crippen molar-refractivity contribution in [2.24, 2.45) is 11.3 Å². The van der Waals surface area contributed by atoms with Crippen LogP contribution in [0.2, 0.25) is 0 Å². The normalized spacial score (nSPS) is 14.4. The SMILES string of the molecule is CCNc1nnc(CC(C)(C(=O)O)C(C)C)n1CC. The highest BCUT2D eigenvalue weighted by molar-refractivity contribution is 5.74. The van der Waals surface area contributed by atoms with Crippen LogP contribution in [0.4, 0.5) is 5.95 Å². The van der Waals surface area contributed by atoms with E-state index in [1.807, 2.05) is 32.3 Å². The summed E-state index contributed by atoms with van der Waals surface area (Å²) in [6, 6.07) is 0. The van der Waals surface area contributed by atoms with Crippen molar-refractivity contribution in [3.63, 3.8) is 0 Å². The fourth-order valence-electron chi connectivity index (χ4n) is 1.94. The van der Waals surface area contributed by atoms with E-state index < -0.39 is 11.4 Å². The lowest BCUT2D eigenvalue weighted by atomic mass is 9.76. The van der Waals surface area contributed by atoms with Gasteiger partial charge in [-0.05, 0) is 26.7 Å². The van der Waals surface area contributed by atoms with Crippen molar-refractivity contribution in [1.29, 1.82) is 0 Å². The number of carboxylic acids is 1. The van der Waals surface area contributed by atoms with Crippen LogP contribution in [0, 0.1) is 11.3 Å². The lowest BCUT2D eigenvalue weighted by Crippen LogP contribution is -2.36. The first-order chi connectivity index (χ1) is 8.86. The van der Waals surface area contributed by atoms with Gasteiger partial charge in [-0.1, -0.05) is 13.8 Å². The molecule has 0 saturated carbocycles. The first-order valence-corrected chi connectivity index (χ1v) is 6.76. The molecule has 0 aliphatic rings. The van der Waals surface area contributed by atoms with Crippen LogP contribution < -0.4 is 5.32 Å². The van der Waals surface area contributed by atoms with Crippen LogP contribution >= 0.6 is 0 Å². The van der Waals surface area contributed by atoms with Crippen molar-refractivity contribution in [3.05, 3.63) is 5.82 Å². The molecule has 0 bridgehead atoms. The zero-order chi connectivity index (χ0) is 14.6. The van der Waals surface area contributed by atoms with Crippen molar-refractivity contribution in [3.8, 4) is 0 Å². The van der Waals surface area contributed by atoms with Gasteiger partial charge in [0.15, 0.2) is 0 Å². The van der Waals surface area contributed by atoms with E-state index in [0.29, 0.717) is 12.4 Å². The van der Waals surface area contributed by atoms with Gasteiger partial charge < -0.3 is 10.4 Å². The van der Waals surface area contributed by atoms with E-state index in [9.17, 15) is 9.90 Å². The number of aliphatic carboxylic acids is 1. The van der Waals surface area contributed by atoms with E-state index in [1.165, 1.54) is 0 Å². The number of carbonyl (C=O) groups is 1. The monoisotopic (exact) mass is 268 g/mol. The predicted octanol–water partition coefficient (Wildman–Crippen LogP) is 2.02. The molecule has 0 saturated heterocycles. The fraction of sp³-hybridized carbons (Fsp3) is 0.769. The van der Waals surface area contributed by atoms with Crippen LogP contribution in [0.1, 0.15) is 40.4 Å². The smallest absolute Gasteiger partial charge is 0.310 e.